The van der Waals surface area contributed by atoms with Crippen LogP contribution < -0.4 is 4.74 Å². The lowest BCUT2D eigenvalue weighted by atomic mass is 9.78. The monoisotopic (exact) mass is 350 g/mol. The Morgan fingerprint density at radius 1 is 0.962 bits per heavy atom. The van der Waals surface area contributed by atoms with E-state index in [1.54, 1.807) is 24.3 Å². The first-order valence-electron chi connectivity index (χ1n) is 8.00. The molecule has 1 heterocycles. The summed E-state index contributed by atoms with van der Waals surface area (Å²) < 4.78 is 5.54. The zero-order chi connectivity index (χ0) is 18.7. The third-order valence-corrected chi connectivity index (χ3v) is 4.23. The minimum absolute atomic E-state index is 0.0181. The number of ether oxygens (including phenoxy) is 1. The summed E-state index contributed by atoms with van der Waals surface area (Å²) in [5.74, 6) is -0.391. The van der Waals surface area contributed by atoms with E-state index in [0.29, 0.717) is 5.75 Å². The van der Waals surface area contributed by atoms with Gasteiger partial charge in [-0.3, -0.25) is 0 Å². The zero-order valence-electron chi connectivity index (χ0n) is 14.4. The molecule has 2 aromatic carbocycles. The third-order valence-electron chi connectivity index (χ3n) is 4.23. The molecule has 6 nitrogen and oxygen atoms in total. The lowest BCUT2D eigenvalue weighted by Gasteiger charge is -2.26. The van der Waals surface area contributed by atoms with Crippen LogP contribution in [0.5, 0.6) is 17.5 Å². The Morgan fingerprint density at radius 3 is 2.12 bits per heavy atom. The first-order chi connectivity index (χ1) is 12.4. The van der Waals surface area contributed by atoms with E-state index in [4.69, 9.17) is 9.84 Å². The van der Waals surface area contributed by atoms with Crippen molar-refractivity contribution in [2.45, 2.75) is 19.3 Å². The van der Waals surface area contributed by atoms with Gasteiger partial charge in [-0.2, -0.15) is 4.98 Å². The molecule has 0 spiro atoms. The van der Waals surface area contributed by atoms with Crippen molar-refractivity contribution in [1.29, 1.82) is 0 Å². The minimum atomic E-state index is -1.14. The minimum Gasteiger partial charge on any atom is -0.508 e. The highest BCUT2D eigenvalue weighted by atomic mass is 16.5. The van der Waals surface area contributed by atoms with E-state index in [1.165, 1.54) is 12.3 Å². The summed E-state index contributed by atoms with van der Waals surface area (Å²) in [5.41, 5.74) is 1.75. The second-order valence-electron chi connectivity index (χ2n) is 6.33. The van der Waals surface area contributed by atoms with Crippen molar-refractivity contribution in [3.63, 3.8) is 0 Å². The molecule has 6 heteroatoms. The van der Waals surface area contributed by atoms with Crippen LogP contribution in [0, 0.1) is 0 Å². The highest BCUT2D eigenvalue weighted by Crippen LogP contribution is 2.33. The van der Waals surface area contributed by atoms with Gasteiger partial charge in [-0.05, 0) is 41.5 Å². The molecule has 26 heavy (non-hydrogen) atoms. The third kappa shape index (κ3) is 3.64. The van der Waals surface area contributed by atoms with Gasteiger partial charge in [-0.1, -0.05) is 38.1 Å². The van der Waals surface area contributed by atoms with Crippen molar-refractivity contribution in [3.05, 3.63) is 77.6 Å². The Labute approximate surface area is 150 Å². The second-order valence-corrected chi connectivity index (χ2v) is 6.33. The van der Waals surface area contributed by atoms with Gasteiger partial charge in [0.2, 0.25) is 0 Å². The van der Waals surface area contributed by atoms with Gasteiger partial charge in [0.05, 0.1) is 0 Å². The van der Waals surface area contributed by atoms with Gasteiger partial charge in [-0.25, -0.2) is 9.78 Å². The summed E-state index contributed by atoms with van der Waals surface area (Å²) in [5, 5.41) is 18.4. The topological polar surface area (TPSA) is 92.5 Å². The fraction of sp³-hybridized carbons (Fsp3) is 0.150. The molecule has 0 saturated carbocycles. The van der Waals surface area contributed by atoms with E-state index in [2.05, 4.69) is 23.8 Å². The van der Waals surface area contributed by atoms with Gasteiger partial charge >= 0.3 is 12.0 Å². The van der Waals surface area contributed by atoms with Crippen molar-refractivity contribution < 1.29 is 19.7 Å². The largest absolute Gasteiger partial charge is 0.508 e. The van der Waals surface area contributed by atoms with Crippen LogP contribution in [0.2, 0.25) is 0 Å². The molecule has 0 unspecified atom stereocenters. The molecular weight excluding hydrogens is 332 g/mol. The van der Waals surface area contributed by atoms with E-state index in [-0.39, 0.29) is 22.9 Å². The van der Waals surface area contributed by atoms with Crippen LogP contribution in [0.15, 0.2) is 60.8 Å². The van der Waals surface area contributed by atoms with Crippen LogP contribution in [0.1, 0.15) is 35.5 Å². The second kappa shape index (κ2) is 6.84. The quantitative estimate of drug-likeness (QED) is 0.722. The predicted octanol–water partition coefficient (Wildman–Crippen LogP) is 4.00. The molecule has 0 amide bonds. The molecule has 0 radical (unpaired) electrons. The van der Waals surface area contributed by atoms with Crippen LogP contribution in [0.25, 0.3) is 0 Å². The molecular formula is C20H18N2O4. The first-order valence-corrected chi connectivity index (χ1v) is 8.00. The number of phenols is 1. The maximum Gasteiger partial charge on any atom is 0.354 e. The SMILES string of the molecule is CC(C)(c1ccc(O)cc1)c1ccc(Oc2nccc(C(=O)O)n2)cc1. The summed E-state index contributed by atoms with van der Waals surface area (Å²) in [6, 6.07) is 15.8. The number of carboxylic acid groups (broad SMARTS) is 1. The number of carbonyl (C=O) groups is 1. The Kier molecular flexibility index (Phi) is 4.58. The Morgan fingerprint density at radius 2 is 1.54 bits per heavy atom. The van der Waals surface area contributed by atoms with Crippen molar-refractivity contribution in [3.8, 4) is 17.5 Å². The fourth-order valence-corrected chi connectivity index (χ4v) is 2.60. The van der Waals surface area contributed by atoms with Gasteiger partial charge in [0, 0.05) is 11.6 Å². The lowest BCUT2D eigenvalue weighted by Crippen LogP contribution is -2.18. The molecule has 3 aromatic rings. The molecule has 2 N–H and O–H groups in total. The van der Waals surface area contributed by atoms with Gasteiger partial charge in [-0.15, -0.1) is 0 Å². The molecule has 0 aliphatic heterocycles. The average Bonchev–Trinajstić information content (AvgIpc) is 2.63. The van der Waals surface area contributed by atoms with Crippen LogP contribution in [-0.2, 0) is 5.41 Å². The van der Waals surface area contributed by atoms with E-state index in [9.17, 15) is 9.90 Å². The van der Waals surface area contributed by atoms with Gasteiger partial charge in [0.25, 0.3) is 0 Å². The molecule has 0 saturated heterocycles. The predicted molar refractivity (Wildman–Crippen MR) is 95.7 cm³/mol. The van der Waals surface area contributed by atoms with Crippen molar-refractivity contribution in [2.24, 2.45) is 0 Å². The zero-order valence-corrected chi connectivity index (χ0v) is 14.4. The first kappa shape index (κ1) is 17.4. The lowest BCUT2D eigenvalue weighted by molar-refractivity contribution is 0.0689. The normalized spacial score (nSPS) is 11.2. The number of nitrogens with zero attached hydrogens (tertiary/aromatic N) is 2. The molecule has 0 bridgehead atoms. The average molecular weight is 350 g/mol. The number of aromatic hydroxyl groups is 1. The summed E-state index contributed by atoms with van der Waals surface area (Å²) in [4.78, 5) is 18.7. The molecule has 0 fully saturated rings. The van der Waals surface area contributed by atoms with Gasteiger partial charge < -0.3 is 14.9 Å². The summed E-state index contributed by atoms with van der Waals surface area (Å²) in [6.45, 7) is 4.18. The Hall–Kier alpha value is -3.41. The number of aromatic carboxylic acids is 1. The number of rotatable bonds is 5. The van der Waals surface area contributed by atoms with Crippen molar-refractivity contribution in [2.75, 3.05) is 0 Å². The van der Waals surface area contributed by atoms with Crippen molar-refractivity contribution in [1.82, 2.24) is 9.97 Å². The number of hydrogen-bond donors (Lipinski definition) is 2. The Bertz CT molecular complexity index is 919. The van der Waals surface area contributed by atoms with E-state index in [0.717, 1.165) is 11.1 Å². The molecule has 0 aliphatic rings. The van der Waals surface area contributed by atoms with E-state index >= 15 is 0 Å². The molecule has 1 aromatic heterocycles. The van der Waals surface area contributed by atoms with Crippen LogP contribution >= 0.6 is 0 Å². The molecule has 132 valence electrons. The number of carboxylic acids is 1. The molecule has 0 atom stereocenters. The number of phenolic OH excluding ortho intramolecular Hbond substituents is 1. The number of hydrogen-bond acceptors (Lipinski definition) is 5. The maximum absolute atomic E-state index is 11.0. The van der Waals surface area contributed by atoms with Crippen LogP contribution in [-0.4, -0.2) is 26.2 Å². The highest BCUT2D eigenvalue weighted by molar-refractivity contribution is 5.85. The smallest absolute Gasteiger partial charge is 0.354 e. The summed E-state index contributed by atoms with van der Waals surface area (Å²) in [6.07, 6.45) is 1.34. The van der Waals surface area contributed by atoms with Crippen molar-refractivity contribution >= 4 is 5.97 Å². The number of aromatic nitrogens is 2. The Balaban J connectivity index is 1.81. The van der Waals surface area contributed by atoms with Crippen LogP contribution in [0.4, 0.5) is 0 Å². The summed E-state index contributed by atoms with van der Waals surface area (Å²) in [7, 11) is 0. The van der Waals surface area contributed by atoms with E-state index in [1.807, 2.05) is 24.3 Å². The number of benzene rings is 2. The molecule has 0 aliphatic carbocycles. The van der Waals surface area contributed by atoms with Gasteiger partial charge in [0.1, 0.15) is 11.5 Å². The fourth-order valence-electron chi connectivity index (χ4n) is 2.60. The molecule has 3 rings (SSSR count). The maximum atomic E-state index is 11.0. The van der Waals surface area contributed by atoms with E-state index < -0.39 is 5.97 Å². The summed E-state index contributed by atoms with van der Waals surface area (Å²) >= 11 is 0. The van der Waals surface area contributed by atoms with Crippen LogP contribution in [0.3, 0.4) is 0 Å². The van der Waals surface area contributed by atoms with Gasteiger partial charge in [0.15, 0.2) is 5.69 Å². The highest BCUT2D eigenvalue weighted by Gasteiger charge is 2.23. The standard InChI is InChI=1S/C20H18N2O4/c1-20(2,13-3-7-15(23)8-4-13)14-5-9-16(10-6-14)26-19-21-12-11-17(22-19)18(24)25/h3-12,23H,1-2H3,(H,24,25).